The number of urea groups is 1. The summed E-state index contributed by atoms with van der Waals surface area (Å²) in [5.74, 6) is -4.76. The van der Waals surface area contributed by atoms with Crippen LogP contribution in [0.1, 0.15) is 24.4 Å². The van der Waals surface area contributed by atoms with Crippen molar-refractivity contribution in [3.63, 3.8) is 0 Å². The van der Waals surface area contributed by atoms with Gasteiger partial charge in [0.1, 0.15) is 0 Å². The van der Waals surface area contributed by atoms with Gasteiger partial charge in [0, 0.05) is 18.7 Å². The highest BCUT2D eigenvalue weighted by atomic mass is 19.4. The first-order valence-electron chi connectivity index (χ1n) is 12.7. The highest BCUT2D eigenvalue weighted by Gasteiger charge is 2.38. The first-order valence-corrected chi connectivity index (χ1v) is 12.7. The van der Waals surface area contributed by atoms with Crippen LogP contribution in [-0.4, -0.2) is 59.3 Å². The maximum atomic E-state index is 12.4. The molecule has 0 radical (unpaired) electrons. The van der Waals surface area contributed by atoms with E-state index in [9.17, 15) is 37.5 Å². The Labute approximate surface area is 244 Å². The molecule has 6 N–H and O–H groups in total. The van der Waals surface area contributed by atoms with Gasteiger partial charge in [0.2, 0.25) is 11.8 Å². The highest BCUT2D eigenvalue weighted by molar-refractivity contribution is 5.90. The normalized spacial score (nSPS) is 11.1. The van der Waals surface area contributed by atoms with Crippen molar-refractivity contribution in [2.45, 2.75) is 25.1 Å². The van der Waals surface area contributed by atoms with Crippen molar-refractivity contribution in [2.24, 2.45) is 0 Å². The summed E-state index contributed by atoms with van der Waals surface area (Å²) in [5, 5.41) is 26.8. The summed E-state index contributed by atoms with van der Waals surface area (Å²) in [4.78, 5) is 56.5. The van der Waals surface area contributed by atoms with E-state index in [1.807, 2.05) is 48.5 Å². The fourth-order valence-electron chi connectivity index (χ4n) is 3.46. The summed E-state index contributed by atoms with van der Waals surface area (Å²) in [6, 6.07) is 24.7. The molecule has 0 aromatic heterocycles. The lowest BCUT2D eigenvalue weighted by Crippen LogP contribution is -2.40. The third kappa shape index (κ3) is 13.2. The van der Waals surface area contributed by atoms with Crippen LogP contribution < -0.4 is 21.3 Å². The van der Waals surface area contributed by atoms with Crippen molar-refractivity contribution >= 4 is 35.5 Å². The zero-order chi connectivity index (χ0) is 31.8. The average molecular weight is 603 g/mol. The minimum absolute atomic E-state index is 0.0189. The van der Waals surface area contributed by atoms with Gasteiger partial charge in [0.05, 0.1) is 19.0 Å². The smallest absolute Gasteiger partial charge is 0.481 e. The minimum Gasteiger partial charge on any atom is -0.481 e. The topological polar surface area (TPSA) is 174 Å². The molecular formula is C29H29F3N4O7. The van der Waals surface area contributed by atoms with E-state index in [0.717, 1.165) is 11.1 Å². The van der Waals surface area contributed by atoms with Gasteiger partial charge in [-0.2, -0.15) is 13.2 Å². The fraction of sp³-hybridized carbons (Fsp3) is 0.207. The maximum absolute atomic E-state index is 12.4. The Hall–Kier alpha value is -5.40. The van der Waals surface area contributed by atoms with Crippen molar-refractivity contribution in [3.05, 3.63) is 90.5 Å². The summed E-state index contributed by atoms with van der Waals surface area (Å²) < 4.78 is 31.7. The molecule has 0 fully saturated rings. The summed E-state index contributed by atoms with van der Waals surface area (Å²) in [5.41, 5.74) is 3.27. The Balaban J connectivity index is 0.000000821. The zero-order valence-electron chi connectivity index (χ0n) is 22.6. The number of carbonyl (C=O) groups excluding carboxylic acids is 3. The number of benzene rings is 3. The summed E-state index contributed by atoms with van der Waals surface area (Å²) in [7, 11) is 0. The average Bonchev–Trinajstić information content (AvgIpc) is 2.96. The number of amides is 4. The molecule has 0 heterocycles. The number of anilines is 1. The van der Waals surface area contributed by atoms with E-state index in [0.29, 0.717) is 11.3 Å². The van der Waals surface area contributed by atoms with Gasteiger partial charge in [-0.15, -0.1) is 0 Å². The van der Waals surface area contributed by atoms with E-state index in [1.165, 1.54) is 0 Å². The number of halogens is 3. The number of hydrogen-bond acceptors (Lipinski definition) is 5. The number of rotatable bonds is 11. The number of aliphatic carboxylic acids is 2. The zero-order valence-corrected chi connectivity index (χ0v) is 22.6. The van der Waals surface area contributed by atoms with Gasteiger partial charge in [-0.05, 0) is 28.8 Å². The minimum atomic E-state index is -5.08. The lowest BCUT2D eigenvalue weighted by Gasteiger charge is -2.18. The molecule has 0 aliphatic heterocycles. The third-order valence-corrected chi connectivity index (χ3v) is 5.49. The molecule has 11 nitrogen and oxygen atoms in total. The van der Waals surface area contributed by atoms with Crippen LogP contribution in [-0.2, 0) is 19.2 Å². The number of carbonyl (C=O) groups is 5. The van der Waals surface area contributed by atoms with Gasteiger partial charge in [0.25, 0.3) is 0 Å². The van der Waals surface area contributed by atoms with E-state index in [-0.39, 0.29) is 25.9 Å². The molecule has 3 aromatic rings. The summed E-state index contributed by atoms with van der Waals surface area (Å²) in [6.07, 6.45) is -5.40. The molecule has 43 heavy (non-hydrogen) atoms. The van der Waals surface area contributed by atoms with Crippen molar-refractivity contribution < 1.29 is 47.4 Å². The van der Waals surface area contributed by atoms with Crippen LogP contribution >= 0.6 is 0 Å². The molecule has 0 saturated heterocycles. The first-order chi connectivity index (χ1) is 20.3. The SMILES string of the molecule is O=C(O)C(F)(F)F.O=C(O)CC(NC(=O)CNC(=O)CCNC(=O)Nc1ccccc1)c1ccc(-c2ccccc2)cc1. The van der Waals surface area contributed by atoms with Crippen molar-refractivity contribution in [1.29, 1.82) is 0 Å². The van der Waals surface area contributed by atoms with E-state index in [2.05, 4.69) is 21.3 Å². The number of hydrogen-bond donors (Lipinski definition) is 6. The second kappa shape index (κ2) is 16.8. The van der Waals surface area contributed by atoms with E-state index >= 15 is 0 Å². The summed E-state index contributed by atoms with van der Waals surface area (Å²) >= 11 is 0. The molecule has 3 rings (SSSR count). The van der Waals surface area contributed by atoms with Crippen LogP contribution in [0, 0.1) is 0 Å². The Morgan fingerprint density at radius 2 is 1.26 bits per heavy atom. The molecule has 4 amide bonds. The van der Waals surface area contributed by atoms with E-state index < -0.39 is 42.0 Å². The Morgan fingerprint density at radius 1 is 0.721 bits per heavy atom. The fourth-order valence-corrected chi connectivity index (χ4v) is 3.46. The molecule has 228 valence electrons. The first kappa shape index (κ1) is 33.8. The van der Waals surface area contributed by atoms with Gasteiger partial charge in [0.15, 0.2) is 0 Å². The molecule has 14 heteroatoms. The maximum Gasteiger partial charge on any atom is 0.490 e. The second-order valence-electron chi connectivity index (χ2n) is 8.78. The molecule has 3 aromatic carbocycles. The van der Waals surface area contributed by atoms with Gasteiger partial charge in [-0.3, -0.25) is 14.4 Å². The number of alkyl halides is 3. The lowest BCUT2D eigenvalue weighted by molar-refractivity contribution is -0.192. The second-order valence-corrected chi connectivity index (χ2v) is 8.78. The largest absolute Gasteiger partial charge is 0.490 e. The van der Waals surface area contributed by atoms with E-state index in [4.69, 9.17) is 9.90 Å². The molecule has 0 spiro atoms. The van der Waals surface area contributed by atoms with E-state index in [1.54, 1.807) is 36.4 Å². The number of para-hydroxylation sites is 1. The van der Waals surface area contributed by atoms with Crippen LogP contribution in [0.3, 0.4) is 0 Å². The van der Waals surface area contributed by atoms with Gasteiger partial charge in [-0.1, -0.05) is 72.8 Å². The quantitative estimate of drug-likeness (QED) is 0.193. The van der Waals surface area contributed by atoms with Crippen molar-refractivity contribution in [2.75, 3.05) is 18.4 Å². The van der Waals surface area contributed by atoms with Crippen LogP contribution in [0.4, 0.5) is 23.7 Å². The highest BCUT2D eigenvalue weighted by Crippen LogP contribution is 2.23. The van der Waals surface area contributed by atoms with Crippen molar-refractivity contribution in [1.82, 2.24) is 16.0 Å². The van der Waals surface area contributed by atoms with Crippen LogP contribution in [0.2, 0.25) is 0 Å². The number of carboxylic acids is 2. The van der Waals surface area contributed by atoms with Gasteiger partial charge in [-0.25, -0.2) is 9.59 Å². The Bertz CT molecular complexity index is 1370. The monoisotopic (exact) mass is 602 g/mol. The number of carboxylic acid groups (broad SMARTS) is 2. The Kier molecular flexibility index (Phi) is 13.2. The summed E-state index contributed by atoms with van der Waals surface area (Å²) in [6.45, 7) is -0.227. The molecule has 0 aliphatic carbocycles. The van der Waals surface area contributed by atoms with Crippen LogP contribution in [0.5, 0.6) is 0 Å². The molecule has 0 bridgehead atoms. The lowest BCUT2D eigenvalue weighted by atomic mass is 9.99. The van der Waals surface area contributed by atoms with Gasteiger partial charge < -0.3 is 31.5 Å². The molecule has 0 saturated carbocycles. The van der Waals surface area contributed by atoms with Crippen molar-refractivity contribution in [3.8, 4) is 11.1 Å². The van der Waals surface area contributed by atoms with Gasteiger partial charge >= 0.3 is 24.1 Å². The van der Waals surface area contributed by atoms with Crippen LogP contribution in [0.15, 0.2) is 84.9 Å². The predicted molar refractivity (Wildman–Crippen MR) is 150 cm³/mol. The number of nitrogens with one attached hydrogen (secondary N) is 4. The van der Waals surface area contributed by atoms with Crippen LogP contribution in [0.25, 0.3) is 11.1 Å². The molecule has 0 aliphatic rings. The Morgan fingerprint density at radius 3 is 1.79 bits per heavy atom. The molecular weight excluding hydrogens is 573 g/mol. The third-order valence-electron chi connectivity index (χ3n) is 5.49. The standard InChI is InChI=1S/C27H28N4O5.C2HF3O2/c32-24(15-16-28-27(36)30-22-9-5-2-6-10-22)29-18-25(33)31-23(17-26(34)35)21-13-11-20(12-14-21)19-7-3-1-4-8-19;3-2(4,5)1(6)7/h1-14,23H,15-18H2,(H,29,32)(H,31,33)(H,34,35)(H2,28,30,36);(H,6,7). The predicted octanol–water partition coefficient (Wildman–Crippen LogP) is 3.95. The molecule has 1 atom stereocenters. The molecule has 1 unspecified atom stereocenters.